The highest BCUT2D eigenvalue weighted by molar-refractivity contribution is 5.87. The number of aromatic amines is 2. The van der Waals surface area contributed by atoms with E-state index in [1.165, 1.54) is 7.11 Å². The van der Waals surface area contributed by atoms with Crippen molar-refractivity contribution in [3.63, 3.8) is 0 Å². The maximum atomic E-state index is 13.6. The van der Waals surface area contributed by atoms with Gasteiger partial charge in [-0.3, -0.25) is 9.59 Å². The zero-order valence-electron chi connectivity index (χ0n) is 32.2. The third-order valence-corrected chi connectivity index (χ3v) is 10.4. The van der Waals surface area contributed by atoms with Gasteiger partial charge in [0, 0.05) is 13.1 Å². The van der Waals surface area contributed by atoms with Gasteiger partial charge in [-0.15, -0.1) is 0 Å². The third-order valence-electron chi connectivity index (χ3n) is 10.4. The molecular weight excluding hydrogens is 701 g/mol. The van der Waals surface area contributed by atoms with Crippen molar-refractivity contribution >= 4 is 24.0 Å². The number of imidazole rings is 2. The smallest absolute Gasteiger partial charge is 0.407 e. The zero-order chi connectivity index (χ0) is 39.2. The number of rotatable bonds is 13. The highest BCUT2D eigenvalue weighted by atomic mass is 16.5. The van der Waals surface area contributed by atoms with E-state index in [2.05, 4.69) is 54.8 Å². The Labute approximate surface area is 321 Å². The van der Waals surface area contributed by atoms with Crippen molar-refractivity contribution in [2.75, 3.05) is 20.2 Å². The van der Waals surface area contributed by atoms with Gasteiger partial charge >= 0.3 is 12.2 Å². The van der Waals surface area contributed by atoms with Crippen LogP contribution in [0.4, 0.5) is 9.59 Å². The number of hydrogen-bond donors (Lipinski definition) is 5. The Morgan fingerprint density at radius 1 is 0.709 bits per heavy atom. The van der Waals surface area contributed by atoms with E-state index in [-0.39, 0.29) is 35.7 Å². The zero-order valence-corrected chi connectivity index (χ0v) is 32.2. The number of hydrogen-bond acceptors (Lipinski definition) is 7. The molecule has 0 aliphatic carbocycles. The SMILES string of the molecule is COC(=O)N[C@@H](CC(C)C)C(=O)N1CCCC1c1ncc(-c2ccc(-c3ccc(-c4cnc([C@@H]5CCCN5C(=O)[C@H](CC(C)C)NC(=O)O)[nH]4)cc3)cc2)[nH]1. The molecule has 4 heterocycles. The number of ether oxygens (including phenoxy) is 1. The van der Waals surface area contributed by atoms with E-state index in [1.807, 2.05) is 56.9 Å². The number of alkyl carbamates (subject to hydrolysis) is 1. The minimum atomic E-state index is -1.20. The normalized spacial score (nSPS) is 18.1. The predicted molar refractivity (Wildman–Crippen MR) is 208 cm³/mol. The lowest BCUT2D eigenvalue weighted by atomic mass is 10.0. The van der Waals surface area contributed by atoms with Gasteiger partial charge in [0.15, 0.2) is 0 Å². The van der Waals surface area contributed by atoms with Gasteiger partial charge in [0.05, 0.1) is 43.0 Å². The van der Waals surface area contributed by atoms with E-state index >= 15 is 0 Å². The molecule has 1 unspecified atom stereocenters. The number of carboxylic acid groups (broad SMARTS) is 1. The number of nitrogens with zero attached hydrogens (tertiary/aromatic N) is 4. The summed E-state index contributed by atoms with van der Waals surface area (Å²) in [6.07, 6.45) is 5.91. The molecule has 2 aliphatic rings. The molecule has 0 bridgehead atoms. The Balaban J connectivity index is 1.10. The van der Waals surface area contributed by atoms with Crippen LogP contribution in [0.3, 0.4) is 0 Å². The van der Waals surface area contributed by atoms with E-state index in [0.717, 1.165) is 65.1 Å². The Morgan fingerprint density at radius 2 is 1.11 bits per heavy atom. The molecule has 292 valence electrons. The number of H-pyrrole nitrogens is 2. The second kappa shape index (κ2) is 17.2. The standard InChI is InChI=1S/C41H52N8O6/c1-24(2)20-30(46-40(52)53)38(50)48-18-6-8-34(48)36-42-22-32(44-36)28-14-10-26(11-15-28)27-12-16-29(17-13-27)33-23-43-37(45-33)35-9-7-19-49(35)39(51)31(21-25(3)4)47-41(54)55-5/h10-17,22-25,30-31,34-35,46H,6-9,18-21H2,1-5H3,(H,42,44)(H,43,45)(H,47,54)(H,52,53)/t30-,31-,34-,35?/m0/s1. The lowest BCUT2D eigenvalue weighted by molar-refractivity contribution is -0.135. The second-order valence-electron chi connectivity index (χ2n) is 15.3. The van der Waals surface area contributed by atoms with E-state index in [1.54, 1.807) is 17.3 Å². The van der Waals surface area contributed by atoms with E-state index in [4.69, 9.17) is 4.74 Å². The van der Waals surface area contributed by atoms with Crippen LogP contribution in [0.2, 0.25) is 0 Å². The Morgan fingerprint density at radius 3 is 1.49 bits per heavy atom. The molecule has 2 aromatic heterocycles. The quantitative estimate of drug-likeness (QED) is 0.0975. The van der Waals surface area contributed by atoms with Gasteiger partial charge in [0.25, 0.3) is 0 Å². The Kier molecular flexibility index (Phi) is 12.2. The lowest BCUT2D eigenvalue weighted by Crippen LogP contribution is -2.49. The van der Waals surface area contributed by atoms with Crippen LogP contribution < -0.4 is 10.6 Å². The summed E-state index contributed by atoms with van der Waals surface area (Å²) < 4.78 is 4.78. The summed E-state index contributed by atoms with van der Waals surface area (Å²) in [7, 11) is 1.29. The average Bonchev–Trinajstić information content (AvgIpc) is 4.00. The first-order valence-electron chi connectivity index (χ1n) is 19.2. The van der Waals surface area contributed by atoms with Crippen LogP contribution in [-0.4, -0.2) is 91.1 Å². The number of carbonyl (C=O) groups excluding carboxylic acids is 3. The van der Waals surface area contributed by atoms with Crippen molar-refractivity contribution in [3.8, 4) is 33.6 Å². The highest BCUT2D eigenvalue weighted by Crippen LogP contribution is 2.35. The first-order chi connectivity index (χ1) is 26.4. The minimum absolute atomic E-state index is 0.127. The number of likely N-dealkylation sites (tertiary alicyclic amines) is 2. The topological polar surface area (TPSA) is 186 Å². The summed E-state index contributed by atoms with van der Waals surface area (Å²) in [5.41, 5.74) is 5.72. The molecule has 4 aromatic rings. The van der Waals surface area contributed by atoms with Crippen LogP contribution in [-0.2, 0) is 14.3 Å². The number of methoxy groups -OCH3 is 1. The number of nitrogens with one attached hydrogen (secondary N) is 4. The number of benzene rings is 2. The van der Waals surface area contributed by atoms with Crippen LogP contribution in [0.25, 0.3) is 33.6 Å². The van der Waals surface area contributed by atoms with Gasteiger partial charge in [-0.05, 0) is 72.6 Å². The Hall–Kier alpha value is -5.66. The van der Waals surface area contributed by atoms with E-state index < -0.39 is 24.3 Å². The molecule has 55 heavy (non-hydrogen) atoms. The summed E-state index contributed by atoms with van der Waals surface area (Å²) in [5.74, 6) is 1.44. The molecule has 14 heteroatoms. The summed E-state index contributed by atoms with van der Waals surface area (Å²) >= 11 is 0. The average molecular weight is 753 g/mol. The van der Waals surface area contributed by atoms with Crippen molar-refractivity contribution in [1.82, 2.24) is 40.4 Å². The first-order valence-corrected chi connectivity index (χ1v) is 19.2. The highest BCUT2D eigenvalue weighted by Gasteiger charge is 2.38. The molecule has 14 nitrogen and oxygen atoms in total. The van der Waals surface area contributed by atoms with Crippen LogP contribution in [0.15, 0.2) is 60.9 Å². The number of amides is 4. The molecule has 0 spiro atoms. The molecule has 5 N–H and O–H groups in total. The maximum Gasteiger partial charge on any atom is 0.407 e. The van der Waals surface area contributed by atoms with Gasteiger partial charge in [0.1, 0.15) is 23.7 Å². The van der Waals surface area contributed by atoms with Crippen LogP contribution >= 0.6 is 0 Å². The monoisotopic (exact) mass is 752 g/mol. The molecule has 2 fully saturated rings. The molecule has 2 aliphatic heterocycles. The fraction of sp³-hybridized carbons (Fsp3) is 0.463. The molecule has 4 amide bonds. The first kappa shape index (κ1) is 39.0. The summed E-state index contributed by atoms with van der Waals surface area (Å²) in [5, 5.41) is 14.5. The number of aromatic nitrogens is 4. The van der Waals surface area contributed by atoms with Gasteiger partial charge in [-0.2, -0.15) is 0 Å². The molecule has 2 saturated heterocycles. The molecule has 4 atom stereocenters. The van der Waals surface area contributed by atoms with Crippen molar-refractivity contribution < 1.29 is 29.0 Å². The van der Waals surface area contributed by atoms with Gasteiger partial charge in [-0.1, -0.05) is 76.2 Å². The van der Waals surface area contributed by atoms with Gasteiger partial charge < -0.3 is 40.2 Å². The maximum absolute atomic E-state index is 13.6. The third kappa shape index (κ3) is 9.18. The van der Waals surface area contributed by atoms with Crippen molar-refractivity contribution in [1.29, 1.82) is 0 Å². The fourth-order valence-electron chi connectivity index (χ4n) is 7.76. The predicted octanol–water partition coefficient (Wildman–Crippen LogP) is 6.91. The second-order valence-corrected chi connectivity index (χ2v) is 15.3. The van der Waals surface area contributed by atoms with Gasteiger partial charge in [-0.25, -0.2) is 19.6 Å². The van der Waals surface area contributed by atoms with Gasteiger partial charge in [0.2, 0.25) is 11.8 Å². The van der Waals surface area contributed by atoms with Crippen LogP contribution in [0, 0.1) is 11.8 Å². The van der Waals surface area contributed by atoms with E-state index in [0.29, 0.717) is 31.8 Å². The van der Waals surface area contributed by atoms with E-state index in [9.17, 15) is 24.3 Å². The van der Waals surface area contributed by atoms with Crippen molar-refractivity contribution in [2.24, 2.45) is 11.8 Å². The summed E-state index contributed by atoms with van der Waals surface area (Å²) in [4.78, 5) is 70.2. The van der Waals surface area contributed by atoms with Crippen molar-refractivity contribution in [3.05, 3.63) is 72.6 Å². The largest absolute Gasteiger partial charge is 0.465 e. The Bertz CT molecular complexity index is 1950. The van der Waals surface area contributed by atoms with Crippen LogP contribution in [0.5, 0.6) is 0 Å². The van der Waals surface area contributed by atoms with Crippen molar-refractivity contribution in [2.45, 2.75) is 90.4 Å². The molecule has 2 aromatic carbocycles. The molecular formula is C41H52N8O6. The molecule has 0 saturated carbocycles. The molecule has 6 rings (SSSR count). The fourth-order valence-corrected chi connectivity index (χ4v) is 7.76. The summed E-state index contributed by atoms with van der Waals surface area (Å²) in [6, 6.07) is 14.5. The van der Waals surface area contributed by atoms with Crippen LogP contribution in [0.1, 0.15) is 90.0 Å². The number of carbonyl (C=O) groups is 4. The summed E-state index contributed by atoms with van der Waals surface area (Å²) in [6.45, 7) is 9.13. The minimum Gasteiger partial charge on any atom is -0.465 e. The lowest BCUT2D eigenvalue weighted by Gasteiger charge is -2.29. The molecule has 0 radical (unpaired) electrons.